The lowest BCUT2D eigenvalue weighted by Gasteiger charge is -2.33. The summed E-state index contributed by atoms with van der Waals surface area (Å²) >= 11 is 24.4. The number of carbonyl (C=O) groups is 3. The molecule has 1 fully saturated rings. The highest BCUT2D eigenvalue weighted by Gasteiger charge is 2.33. The van der Waals surface area contributed by atoms with Gasteiger partial charge in [-0.2, -0.15) is 0 Å². The van der Waals surface area contributed by atoms with Crippen LogP contribution in [0, 0.1) is 0 Å². The molecule has 1 heterocycles. The van der Waals surface area contributed by atoms with Crippen molar-refractivity contribution in [3.63, 3.8) is 0 Å². The SMILES string of the molecule is CC(=O)N[C@@H](CCCCN)C(=O)N1C/C(=C\c2ccc(Cl)c(Cl)c2)C(=O)/C(=C/c2ccc(Cl)c(Cl)c2)C1.Cl. The second kappa shape index (κ2) is 14.9. The van der Waals surface area contributed by atoms with Crippen LogP contribution in [-0.4, -0.2) is 48.2 Å². The number of rotatable bonds is 8. The Labute approximate surface area is 248 Å². The maximum absolute atomic E-state index is 13.6. The molecule has 1 atom stereocenters. The molecule has 3 N–H and O–H groups in total. The number of nitrogens with two attached hydrogens (primary N) is 1. The molecule has 3 rings (SSSR count). The van der Waals surface area contributed by atoms with Crippen molar-refractivity contribution in [2.75, 3.05) is 19.6 Å². The van der Waals surface area contributed by atoms with E-state index in [-0.39, 0.29) is 43.1 Å². The fraction of sp³-hybridized carbons (Fsp3) is 0.296. The lowest BCUT2D eigenvalue weighted by molar-refractivity contribution is -0.136. The van der Waals surface area contributed by atoms with Crippen molar-refractivity contribution in [2.45, 2.75) is 32.2 Å². The van der Waals surface area contributed by atoms with Crippen molar-refractivity contribution in [2.24, 2.45) is 5.73 Å². The van der Waals surface area contributed by atoms with Crippen LogP contribution in [0.5, 0.6) is 0 Å². The first-order valence-corrected chi connectivity index (χ1v) is 13.2. The van der Waals surface area contributed by atoms with Gasteiger partial charge in [-0.25, -0.2) is 0 Å². The number of nitrogens with zero attached hydrogens (tertiary/aromatic N) is 1. The predicted octanol–water partition coefficient (Wildman–Crippen LogP) is 6.23. The van der Waals surface area contributed by atoms with E-state index >= 15 is 0 Å². The van der Waals surface area contributed by atoms with Crippen LogP contribution in [0.4, 0.5) is 0 Å². The zero-order valence-corrected chi connectivity index (χ0v) is 24.4. The van der Waals surface area contributed by atoms with E-state index in [1.165, 1.54) is 6.92 Å². The number of amides is 2. The number of hydrogen-bond donors (Lipinski definition) is 2. The topological polar surface area (TPSA) is 92.5 Å². The number of benzene rings is 2. The molecular weight excluding hydrogens is 592 g/mol. The number of nitrogens with one attached hydrogen (secondary N) is 1. The summed E-state index contributed by atoms with van der Waals surface area (Å²) in [6, 6.07) is 9.34. The van der Waals surface area contributed by atoms with E-state index in [4.69, 9.17) is 52.1 Å². The number of Topliss-reactive ketones (excluding diaryl/α,β-unsaturated/α-hetero) is 1. The van der Waals surface area contributed by atoms with Gasteiger partial charge in [-0.05, 0) is 73.4 Å². The molecule has 0 saturated carbocycles. The van der Waals surface area contributed by atoms with E-state index in [2.05, 4.69) is 5.32 Å². The lowest BCUT2D eigenvalue weighted by atomic mass is 9.93. The molecule has 1 aliphatic rings. The normalized spacial score (nSPS) is 16.4. The van der Waals surface area contributed by atoms with Gasteiger partial charge in [0.15, 0.2) is 5.78 Å². The Morgan fingerprint density at radius 2 is 1.42 bits per heavy atom. The second-order valence-corrected chi connectivity index (χ2v) is 10.4. The number of likely N-dealkylation sites (tertiary alicyclic amines) is 1. The van der Waals surface area contributed by atoms with Crippen LogP contribution in [0.15, 0.2) is 47.5 Å². The average molecular weight is 620 g/mol. The highest BCUT2D eigenvalue weighted by atomic mass is 35.5. The number of hydrogen-bond acceptors (Lipinski definition) is 4. The summed E-state index contributed by atoms with van der Waals surface area (Å²) < 4.78 is 0. The number of unbranched alkanes of at least 4 members (excludes halogenated alkanes) is 1. The second-order valence-electron chi connectivity index (χ2n) is 8.75. The van der Waals surface area contributed by atoms with Gasteiger partial charge in [-0.3, -0.25) is 14.4 Å². The fourth-order valence-corrected chi connectivity index (χ4v) is 4.63. The third-order valence-electron chi connectivity index (χ3n) is 5.81. The third kappa shape index (κ3) is 8.73. The Morgan fingerprint density at radius 3 is 1.84 bits per heavy atom. The van der Waals surface area contributed by atoms with Gasteiger partial charge >= 0.3 is 0 Å². The van der Waals surface area contributed by atoms with Crippen molar-refractivity contribution in [1.29, 1.82) is 0 Å². The summed E-state index contributed by atoms with van der Waals surface area (Å²) in [6.07, 6.45) is 5.23. The Kier molecular flexibility index (Phi) is 12.6. The van der Waals surface area contributed by atoms with E-state index < -0.39 is 6.04 Å². The van der Waals surface area contributed by atoms with Gasteiger partial charge in [0.1, 0.15) is 6.04 Å². The molecule has 11 heteroatoms. The minimum absolute atomic E-state index is 0. The van der Waals surface area contributed by atoms with Gasteiger partial charge in [-0.1, -0.05) is 58.5 Å². The molecule has 2 aromatic carbocycles. The first kappa shape index (κ1) is 32.2. The number of carbonyl (C=O) groups excluding carboxylic acids is 3. The van der Waals surface area contributed by atoms with Crippen LogP contribution >= 0.6 is 58.8 Å². The molecule has 2 aromatic rings. The highest BCUT2D eigenvalue weighted by molar-refractivity contribution is 6.42. The van der Waals surface area contributed by atoms with E-state index in [0.29, 0.717) is 61.8 Å². The maximum atomic E-state index is 13.6. The summed E-state index contributed by atoms with van der Waals surface area (Å²) in [5.41, 5.74) is 7.73. The quantitative estimate of drug-likeness (QED) is 0.271. The molecular formula is C27H28Cl5N3O3. The number of ketones is 1. The summed E-state index contributed by atoms with van der Waals surface area (Å²) in [6.45, 7) is 2.01. The predicted molar refractivity (Wildman–Crippen MR) is 158 cm³/mol. The van der Waals surface area contributed by atoms with Gasteiger partial charge in [-0.15, -0.1) is 12.4 Å². The monoisotopic (exact) mass is 617 g/mol. The van der Waals surface area contributed by atoms with Gasteiger partial charge in [0.25, 0.3) is 0 Å². The van der Waals surface area contributed by atoms with E-state index in [0.717, 1.165) is 6.42 Å². The molecule has 1 saturated heterocycles. The summed E-state index contributed by atoms with van der Waals surface area (Å²) in [7, 11) is 0. The molecule has 6 nitrogen and oxygen atoms in total. The summed E-state index contributed by atoms with van der Waals surface area (Å²) in [5.74, 6) is -0.794. The summed E-state index contributed by atoms with van der Waals surface area (Å²) in [5, 5.41) is 4.24. The molecule has 204 valence electrons. The van der Waals surface area contributed by atoms with Gasteiger partial charge in [0.2, 0.25) is 11.8 Å². The van der Waals surface area contributed by atoms with Gasteiger partial charge in [0.05, 0.1) is 20.1 Å². The largest absolute Gasteiger partial charge is 0.345 e. The molecule has 0 aromatic heterocycles. The molecule has 0 radical (unpaired) electrons. The average Bonchev–Trinajstić information content (AvgIpc) is 2.85. The van der Waals surface area contributed by atoms with Crippen molar-refractivity contribution in [3.05, 3.63) is 78.8 Å². The fourth-order valence-electron chi connectivity index (χ4n) is 4.02. The van der Waals surface area contributed by atoms with Crippen LogP contribution in [-0.2, 0) is 14.4 Å². The Balaban J connectivity index is 0.00000507. The first-order valence-electron chi connectivity index (χ1n) is 11.7. The Morgan fingerprint density at radius 1 is 0.921 bits per heavy atom. The van der Waals surface area contributed by atoms with Crippen LogP contribution in [0.1, 0.15) is 37.3 Å². The van der Waals surface area contributed by atoms with Crippen LogP contribution in [0.25, 0.3) is 12.2 Å². The third-order valence-corrected chi connectivity index (χ3v) is 7.29. The van der Waals surface area contributed by atoms with Gasteiger partial charge in [0, 0.05) is 31.2 Å². The standard InChI is InChI=1S/C27H27Cl4N3O3.ClH/c1-16(35)33-25(4-2-3-9-32)27(37)34-14-19(10-17-5-7-21(28)23(30)12-17)26(36)20(15-34)11-18-6-8-22(29)24(31)13-18;/h5-8,10-13,25H,2-4,9,14-15,32H2,1H3,(H,33,35);1H/b19-10+,20-11+;/t25-;/m0./s1. The van der Waals surface area contributed by atoms with Gasteiger partial charge < -0.3 is 16.0 Å². The zero-order valence-electron chi connectivity index (χ0n) is 20.6. The van der Waals surface area contributed by atoms with E-state index in [1.54, 1.807) is 53.5 Å². The van der Waals surface area contributed by atoms with E-state index in [9.17, 15) is 14.4 Å². The number of piperidine rings is 1. The van der Waals surface area contributed by atoms with E-state index in [1.807, 2.05) is 0 Å². The molecule has 1 aliphatic heterocycles. The van der Waals surface area contributed by atoms with Crippen LogP contribution in [0.3, 0.4) is 0 Å². The van der Waals surface area contributed by atoms with Crippen molar-refractivity contribution < 1.29 is 14.4 Å². The smallest absolute Gasteiger partial charge is 0.245 e. The van der Waals surface area contributed by atoms with Crippen molar-refractivity contribution in [1.82, 2.24) is 10.2 Å². The highest BCUT2D eigenvalue weighted by Crippen LogP contribution is 2.28. The minimum atomic E-state index is -0.727. The molecule has 38 heavy (non-hydrogen) atoms. The zero-order chi connectivity index (χ0) is 27.1. The molecule has 0 aliphatic carbocycles. The lowest BCUT2D eigenvalue weighted by Crippen LogP contribution is -2.51. The van der Waals surface area contributed by atoms with Crippen LogP contribution in [0.2, 0.25) is 20.1 Å². The molecule has 2 amide bonds. The summed E-state index contributed by atoms with van der Waals surface area (Å²) in [4.78, 5) is 40.4. The molecule has 0 bridgehead atoms. The Hall–Kier alpha value is -2.06. The van der Waals surface area contributed by atoms with Crippen molar-refractivity contribution >= 4 is 88.6 Å². The molecule has 0 spiro atoms. The number of halogens is 5. The molecule has 0 unspecified atom stereocenters. The first-order chi connectivity index (χ1) is 17.6. The Bertz CT molecular complexity index is 1190. The maximum Gasteiger partial charge on any atom is 0.245 e. The minimum Gasteiger partial charge on any atom is -0.345 e. The van der Waals surface area contributed by atoms with Crippen molar-refractivity contribution in [3.8, 4) is 0 Å². The van der Waals surface area contributed by atoms with Crippen LogP contribution < -0.4 is 11.1 Å².